The molecule has 0 bridgehead atoms. The lowest BCUT2D eigenvalue weighted by Gasteiger charge is -2.20. The van der Waals surface area contributed by atoms with Gasteiger partial charge in [-0.15, -0.1) is 0 Å². The molecule has 0 saturated heterocycles. The number of rotatable bonds is 10. The van der Waals surface area contributed by atoms with Gasteiger partial charge in [-0.25, -0.2) is 14.4 Å². The molecular weight excluding hydrogens is 440 g/mol. The summed E-state index contributed by atoms with van der Waals surface area (Å²) in [4.78, 5) is 48.9. The van der Waals surface area contributed by atoms with Crippen LogP contribution in [0.25, 0.3) is 11.1 Å². The Morgan fingerprint density at radius 1 is 0.912 bits per heavy atom. The number of hydrogen-bond acceptors (Lipinski definition) is 6. The summed E-state index contributed by atoms with van der Waals surface area (Å²) in [7, 11) is 0. The molecule has 0 saturated carbocycles. The molecule has 34 heavy (non-hydrogen) atoms. The lowest BCUT2D eigenvalue weighted by Crippen LogP contribution is -2.55. The van der Waals surface area contributed by atoms with Crippen molar-refractivity contribution in [2.75, 3.05) is 13.2 Å². The zero-order chi connectivity index (χ0) is 24.7. The third-order valence-corrected chi connectivity index (χ3v) is 5.58. The Morgan fingerprint density at radius 3 is 2.03 bits per heavy atom. The monoisotopic (exact) mass is 468 g/mol. The number of hydrogen-bond donors (Lipinski definition) is 3. The van der Waals surface area contributed by atoms with Crippen LogP contribution in [0.1, 0.15) is 43.7 Å². The fraction of sp³-hybridized carbons (Fsp3) is 0.360. The van der Waals surface area contributed by atoms with Crippen LogP contribution in [0.4, 0.5) is 4.79 Å². The lowest BCUT2D eigenvalue weighted by molar-refractivity contribution is -0.151. The summed E-state index contributed by atoms with van der Waals surface area (Å²) in [6.07, 6.45) is -0.319. The molecule has 9 nitrogen and oxygen atoms in total. The van der Waals surface area contributed by atoms with Crippen molar-refractivity contribution < 1.29 is 33.8 Å². The Bertz CT molecular complexity index is 1020. The molecule has 0 aromatic heterocycles. The summed E-state index contributed by atoms with van der Waals surface area (Å²) < 4.78 is 10.3. The minimum Gasteiger partial charge on any atom is -0.480 e. The molecule has 3 N–H and O–H groups in total. The van der Waals surface area contributed by atoms with Crippen LogP contribution in [-0.4, -0.2) is 54.3 Å². The van der Waals surface area contributed by atoms with Crippen LogP contribution in [0.15, 0.2) is 48.5 Å². The largest absolute Gasteiger partial charge is 0.480 e. The van der Waals surface area contributed by atoms with Crippen LogP contribution >= 0.6 is 0 Å². The summed E-state index contributed by atoms with van der Waals surface area (Å²) in [5, 5.41) is 13.8. The summed E-state index contributed by atoms with van der Waals surface area (Å²) in [6.45, 7) is 3.29. The van der Waals surface area contributed by atoms with Crippen molar-refractivity contribution in [1.29, 1.82) is 0 Å². The highest BCUT2D eigenvalue weighted by Crippen LogP contribution is 2.44. The van der Waals surface area contributed by atoms with Crippen molar-refractivity contribution in [2.45, 2.75) is 44.7 Å². The predicted octanol–water partition coefficient (Wildman–Crippen LogP) is 2.83. The quantitative estimate of drug-likeness (QED) is 0.361. The van der Waals surface area contributed by atoms with Crippen molar-refractivity contribution in [1.82, 2.24) is 10.6 Å². The average Bonchev–Trinajstić information content (AvgIpc) is 3.14. The maximum Gasteiger partial charge on any atom is 0.408 e. The number of carbonyl (C=O) groups excluding carboxylic acids is 3. The molecule has 0 aliphatic heterocycles. The predicted molar refractivity (Wildman–Crippen MR) is 123 cm³/mol. The van der Waals surface area contributed by atoms with E-state index >= 15 is 0 Å². The van der Waals surface area contributed by atoms with Gasteiger partial charge in [0.15, 0.2) is 0 Å². The molecule has 2 aromatic rings. The number of benzene rings is 2. The maximum atomic E-state index is 12.6. The Balaban J connectivity index is 1.70. The number of alkyl carbamates (subject to hydrolysis) is 1. The van der Waals surface area contributed by atoms with Crippen molar-refractivity contribution in [2.24, 2.45) is 0 Å². The number of ether oxygens (including phenoxy) is 2. The summed E-state index contributed by atoms with van der Waals surface area (Å²) in [6, 6.07) is 12.7. The van der Waals surface area contributed by atoms with Gasteiger partial charge in [-0.2, -0.15) is 0 Å². The maximum absolute atomic E-state index is 12.6. The highest BCUT2D eigenvalue weighted by molar-refractivity contribution is 6.05. The number of esters is 1. The van der Waals surface area contributed by atoms with E-state index in [2.05, 4.69) is 10.6 Å². The fourth-order valence-corrected chi connectivity index (χ4v) is 4.02. The molecule has 1 unspecified atom stereocenters. The van der Waals surface area contributed by atoms with E-state index in [0.29, 0.717) is 6.42 Å². The molecule has 0 fully saturated rings. The van der Waals surface area contributed by atoms with Gasteiger partial charge in [-0.1, -0.05) is 61.9 Å². The van der Waals surface area contributed by atoms with E-state index < -0.39 is 36.0 Å². The Hall–Kier alpha value is -3.88. The van der Waals surface area contributed by atoms with E-state index in [1.54, 1.807) is 13.8 Å². The van der Waals surface area contributed by atoms with E-state index in [4.69, 9.17) is 9.47 Å². The van der Waals surface area contributed by atoms with E-state index in [9.17, 15) is 24.3 Å². The minimum absolute atomic E-state index is 0.00932. The summed E-state index contributed by atoms with van der Waals surface area (Å²) >= 11 is 0. The topological polar surface area (TPSA) is 131 Å². The number of aliphatic carboxylic acids is 1. The zero-order valence-electron chi connectivity index (χ0n) is 19.1. The van der Waals surface area contributed by atoms with Crippen molar-refractivity contribution in [3.63, 3.8) is 0 Å². The third kappa shape index (κ3) is 5.54. The fourth-order valence-electron chi connectivity index (χ4n) is 4.02. The Kier molecular flexibility index (Phi) is 8.24. The second-order valence-corrected chi connectivity index (χ2v) is 7.84. The van der Waals surface area contributed by atoms with Gasteiger partial charge < -0.3 is 19.9 Å². The molecule has 2 atom stereocenters. The first-order valence-electron chi connectivity index (χ1n) is 11.2. The van der Waals surface area contributed by atoms with E-state index in [-0.39, 0.29) is 25.6 Å². The smallest absolute Gasteiger partial charge is 0.408 e. The highest BCUT2D eigenvalue weighted by Gasteiger charge is 2.34. The first-order chi connectivity index (χ1) is 16.4. The summed E-state index contributed by atoms with van der Waals surface area (Å²) in [5.41, 5.74) is 4.15. The first kappa shape index (κ1) is 24.8. The van der Waals surface area contributed by atoms with E-state index in [1.807, 2.05) is 48.5 Å². The van der Waals surface area contributed by atoms with E-state index in [0.717, 1.165) is 22.3 Å². The number of nitrogens with one attached hydrogen (secondary N) is 2. The Morgan fingerprint density at radius 2 is 1.50 bits per heavy atom. The normalized spacial score (nSPS) is 13.7. The SMILES string of the molecule is CCC[C@H](NC(=O)C(NC(=O)OCC1c2ccccc2-c2ccccc21)C(=O)OCC)C(=O)O. The van der Waals surface area contributed by atoms with Gasteiger partial charge >= 0.3 is 18.0 Å². The van der Waals surface area contributed by atoms with Gasteiger partial charge in [0.2, 0.25) is 6.04 Å². The Labute approximate surface area is 197 Å². The average molecular weight is 469 g/mol. The van der Waals surface area contributed by atoms with Gasteiger partial charge in [0.1, 0.15) is 12.6 Å². The zero-order valence-corrected chi connectivity index (χ0v) is 19.1. The van der Waals surface area contributed by atoms with Gasteiger partial charge in [-0.05, 0) is 35.6 Å². The molecule has 0 radical (unpaired) electrons. The number of carboxylic acids is 1. The molecule has 180 valence electrons. The van der Waals surface area contributed by atoms with Crippen LogP contribution in [0.5, 0.6) is 0 Å². The molecule has 1 aliphatic rings. The molecule has 1 aliphatic carbocycles. The second-order valence-electron chi connectivity index (χ2n) is 7.84. The number of fused-ring (bicyclic) bond motifs is 3. The molecular formula is C25H28N2O7. The highest BCUT2D eigenvalue weighted by atomic mass is 16.6. The molecule has 9 heteroatoms. The molecule has 0 spiro atoms. The lowest BCUT2D eigenvalue weighted by atomic mass is 9.98. The molecule has 2 aromatic carbocycles. The van der Waals surface area contributed by atoms with Crippen molar-refractivity contribution in [3.05, 3.63) is 59.7 Å². The van der Waals surface area contributed by atoms with Crippen LogP contribution in [0.3, 0.4) is 0 Å². The standard InChI is InChI=1S/C25H28N2O7/c1-3-9-20(23(29)30)26-22(28)21(24(31)33-4-2)27-25(32)34-14-19-17-12-7-5-10-15(17)16-11-6-8-13-18(16)19/h5-8,10-13,19-21H,3-4,9,14H2,1-2H3,(H,26,28)(H,27,32)(H,29,30)/t20-,21?/m0/s1. The van der Waals surface area contributed by atoms with Crippen LogP contribution in [-0.2, 0) is 23.9 Å². The van der Waals surface area contributed by atoms with E-state index in [1.165, 1.54) is 0 Å². The van der Waals surface area contributed by atoms with Crippen LogP contribution in [0.2, 0.25) is 0 Å². The van der Waals surface area contributed by atoms with Crippen LogP contribution in [0, 0.1) is 0 Å². The van der Waals surface area contributed by atoms with Gasteiger partial charge in [0.05, 0.1) is 6.61 Å². The number of carbonyl (C=O) groups is 4. The second kappa shape index (κ2) is 11.3. The van der Waals surface area contributed by atoms with Gasteiger partial charge in [0.25, 0.3) is 5.91 Å². The molecule has 3 rings (SSSR count). The van der Waals surface area contributed by atoms with Crippen molar-refractivity contribution in [3.8, 4) is 11.1 Å². The molecule has 2 amide bonds. The van der Waals surface area contributed by atoms with Crippen molar-refractivity contribution >= 4 is 23.9 Å². The number of amides is 2. The van der Waals surface area contributed by atoms with Crippen LogP contribution < -0.4 is 10.6 Å². The van der Waals surface area contributed by atoms with Gasteiger partial charge in [-0.3, -0.25) is 10.1 Å². The number of carboxylic acid groups (broad SMARTS) is 1. The molecule has 0 heterocycles. The van der Waals surface area contributed by atoms with Gasteiger partial charge in [0, 0.05) is 5.92 Å². The third-order valence-electron chi connectivity index (χ3n) is 5.58. The minimum atomic E-state index is -1.74. The first-order valence-corrected chi connectivity index (χ1v) is 11.2. The summed E-state index contributed by atoms with van der Waals surface area (Å²) in [5.74, 6) is -3.42.